The first-order valence-electron chi connectivity index (χ1n) is 9.14. The molecule has 4 nitrogen and oxygen atoms in total. The highest BCUT2D eigenvalue weighted by atomic mass is 32.1. The number of aryl methyl sites for hydroxylation is 1. The molecule has 2 aromatic rings. The van der Waals surface area contributed by atoms with Gasteiger partial charge in [0.05, 0.1) is 12.2 Å². The van der Waals surface area contributed by atoms with E-state index in [1.807, 2.05) is 6.92 Å². The Morgan fingerprint density at radius 2 is 1.96 bits per heavy atom. The van der Waals surface area contributed by atoms with E-state index in [9.17, 15) is 14.0 Å². The predicted octanol–water partition coefficient (Wildman–Crippen LogP) is 4.98. The number of hydrogen-bond acceptors (Lipinski definition) is 4. The van der Waals surface area contributed by atoms with Crippen molar-refractivity contribution < 1.29 is 18.7 Å². The second kappa shape index (κ2) is 8.95. The first-order chi connectivity index (χ1) is 13.1. The molecule has 1 heterocycles. The number of carbonyl (C=O) groups is 2. The Balaban J connectivity index is 1.78. The van der Waals surface area contributed by atoms with Gasteiger partial charge in [-0.05, 0) is 61.4 Å². The van der Waals surface area contributed by atoms with E-state index in [0.29, 0.717) is 17.2 Å². The van der Waals surface area contributed by atoms with E-state index in [2.05, 4.69) is 5.32 Å². The van der Waals surface area contributed by atoms with E-state index in [4.69, 9.17) is 4.74 Å². The summed E-state index contributed by atoms with van der Waals surface area (Å²) in [6.07, 6.45) is 7.63. The fraction of sp³-hybridized carbons (Fsp3) is 0.333. The maximum absolute atomic E-state index is 12.9. The van der Waals surface area contributed by atoms with Crippen molar-refractivity contribution in [2.75, 3.05) is 11.9 Å². The topological polar surface area (TPSA) is 55.4 Å². The number of fused-ring (bicyclic) bond motifs is 1. The van der Waals surface area contributed by atoms with Crippen LogP contribution in [-0.2, 0) is 22.4 Å². The fourth-order valence-corrected chi connectivity index (χ4v) is 4.32. The highest BCUT2D eigenvalue weighted by molar-refractivity contribution is 7.17. The molecule has 3 rings (SSSR count). The van der Waals surface area contributed by atoms with E-state index in [1.165, 1.54) is 29.5 Å². The highest BCUT2D eigenvalue weighted by Crippen LogP contribution is 2.38. The summed E-state index contributed by atoms with van der Waals surface area (Å²) >= 11 is 1.46. The first-order valence-corrected chi connectivity index (χ1v) is 9.96. The number of carbonyl (C=O) groups excluding carboxylic acids is 2. The van der Waals surface area contributed by atoms with Crippen molar-refractivity contribution in [1.29, 1.82) is 0 Å². The zero-order valence-corrected chi connectivity index (χ0v) is 16.0. The number of anilines is 1. The van der Waals surface area contributed by atoms with E-state index in [1.54, 1.807) is 18.2 Å². The Morgan fingerprint density at radius 1 is 1.22 bits per heavy atom. The fourth-order valence-electron chi connectivity index (χ4n) is 3.04. The van der Waals surface area contributed by atoms with Crippen molar-refractivity contribution in [3.63, 3.8) is 0 Å². The Morgan fingerprint density at radius 3 is 2.70 bits per heavy atom. The van der Waals surface area contributed by atoms with Gasteiger partial charge in [0, 0.05) is 11.0 Å². The lowest BCUT2D eigenvalue weighted by Gasteiger charge is -2.12. The minimum absolute atomic E-state index is 0.323. The van der Waals surface area contributed by atoms with Crippen molar-refractivity contribution in [3.05, 3.63) is 57.7 Å². The first kappa shape index (κ1) is 19.3. The maximum atomic E-state index is 12.9. The summed E-state index contributed by atoms with van der Waals surface area (Å²) in [5.74, 6) is -1.02. The average Bonchev–Trinajstić information content (AvgIpc) is 3.03. The molecule has 6 heteroatoms. The lowest BCUT2D eigenvalue weighted by Crippen LogP contribution is -2.14. The van der Waals surface area contributed by atoms with E-state index in [-0.39, 0.29) is 17.7 Å². The normalized spacial score (nSPS) is 13.4. The van der Waals surface area contributed by atoms with Crippen LogP contribution in [0.4, 0.5) is 9.39 Å². The van der Waals surface area contributed by atoms with Crippen LogP contribution in [0.1, 0.15) is 52.5 Å². The Bertz CT molecular complexity index is 855. The summed E-state index contributed by atoms with van der Waals surface area (Å²) in [6, 6.07) is 5.87. The summed E-state index contributed by atoms with van der Waals surface area (Å²) in [5, 5.41) is 3.38. The van der Waals surface area contributed by atoms with Crippen LogP contribution < -0.4 is 5.32 Å². The number of nitrogens with one attached hydrogen (secondary N) is 1. The molecule has 0 saturated carbocycles. The average molecular weight is 387 g/mol. The number of thiophene rings is 1. The monoisotopic (exact) mass is 387 g/mol. The molecule has 1 N–H and O–H groups in total. The van der Waals surface area contributed by atoms with Gasteiger partial charge in [0.2, 0.25) is 5.91 Å². The van der Waals surface area contributed by atoms with E-state index < -0.39 is 0 Å². The van der Waals surface area contributed by atoms with Crippen LogP contribution in [0.2, 0.25) is 0 Å². The Labute approximate surface area is 162 Å². The summed E-state index contributed by atoms with van der Waals surface area (Å²) in [5.41, 5.74) is 2.25. The largest absolute Gasteiger partial charge is 0.462 e. The summed E-state index contributed by atoms with van der Waals surface area (Å²) in [7, 11) is 0. The number of rotatable bonds is 6. The lowest BCUT2D eigenvalue weighted by molar-refractivity contribution is -0.111. The molecule has 0 radical (unpaired) electrons. The van der Waals surface area contributed by atoms with Crippen LogP contribution in [0, 0.1) is 5.82 Å². The highest BCUT2D eigenvalue weighted by Gasteiger charge is 2.27. The molecule has 142 valence electrons. The van der Waals surface area contributed by atoms with Gasteiger partial charge >= 0.3 is 5.97 Å². The SMILES string of the molecule is CCCOC(=O)c1c(NC(=O)C=Cc2ccc(F)cc2)sc2c1CCCC2. The molecule has 0 unspecified atom stereocenters. The summed E-state index contributed by atoms with van der Waals surface area (Å²) in [4.78, 5) is 26.0. The molecule has 27 heavy (non-hydrogen) atoms. The number of esters is 1. The molecule has 0 fully saturated rings. The van der Waals surface area contributed by atoms with Gasteiger partial charge in [0.15, 0.2) is 0 Å². The summed E-state index contributed by atoms with van der Waals surface area (Å²) < 4.78 is 18.3. The Kier molecular flexibility index (Phi) is 6.40. The zero-order chi connectivity index (χ0) is 19.2. The van der Waals surface area contributed by atoms with Crippen molar-refractivity contribution >= 4 is 34.3 Å². The predicted molar refractivity (Wildman–Crippen MR) is 106 cm³/mol. The maximum Gasteiger partial charge on any atom is 0.341 e. The minimum atomic E-state index is -0.367. The second-order valence-corrected chi connectivity index (χ2v) is 7.53. The third-order valence-electron chi connectivity index (χ3n) is 4.35. The molecule has 1 aromatic carbocycles. The van der Waals surface area contributed by atoms with Crippen LogP contribution in [0.3, 0.4) is 0 Å². The van der Waals surface area contributed by atoms with Gasteiger partial charge in [0.25, 0.3) is 0 Å². The molecule has 1 amide bonds. The van der Waals surface area contributed by atoms with Gasteiger partial charge in [-0.1, -0.05) is 19.1 Å². The standard InChI is InChI=1S/C21H22FNO3S/c1-2-13-26-21(25)19-16-5-3-4-6-17(16)27-20(19)23-18(24)12-9-14-7-10-15(22)11-8-14/h7-12H,2-6,13H2,1H3,(H,23,24). The van der Waals surface area contributed by atoms with Crippen molar-refractivity contribution in [2.45, 2.75) is 39.0 Å². The molecular weight excluding hydrogens is 365 g/mol. The van der Waals surface area contributed by atoms with Crippen LogP contribution in [-0.4, -0.2) is 18.5 Å². The zero-order valence-electron chi connectivity index (χ0n) is 15.2. The van der Waals surface area contributed by atoms with Crippen molar-refractivity contribution in [3.8, 4) is 0 Å². The van der Waals surface area contributed by atoms with Crippen LogP contribution >= 0.6 is 11.3 Å². The number of ether oxygens (including phenoxy) is 1. The Hall–Kier alpha value is -2.47. The van der Waals surface area contributed by atoms with E-state index in [0.717, 1.165) is 48.1 Å². The van der Waals surface area contributed by atoms with Crippen molar-refractivity contribution in [2.24, 2.45) is 0 Å². The number of halogens is 1. The van der Waals surface area contributed by atoms with Gasteiger partial charge in [-0.25, -0.2) is 9.18 Å². The van der Waals surface area contributed by atoms with Crippen LogP contribution in [0.25, 0.3) is 6.08 Å². The van der Waals surface area contributed by atoms with Crippen LogP contribution in [0.5, 0.6) is 0 Å². The van der Waals surface area contributed by atoms with Gasteiger partial charge in [-0.15, -0.1) is 11.3 Å². The van der Waals surface area contributed by atoms with E-state index >= 15 is 0 Å². The molecule has 0 spiro atoms. The minimum Gasteiger partial charge on any atom is -0.462 e. The third kappa shape index (κ3) is 4.83. The van der Waals surface area contributed by atoms with Gasteiger partial charge < -0.3 is 10.1 Å². The quantitative estimate of drug-likeness (QED) is 0.561. The van der Waals surface area contributed by atoms with Crippen LogP contribution in [0.15, 0.2) is 30.3 Å². The smallest absolute Gasteiger partial charge is 0.341 e. The third-order valence-corrected chi connectivity index (χ3v) is 5.55. The lowest BCUT2D eigenvalue weighted by atomic mass is 9.95. The summed E-state index contributed by atoms with van der Waals surface area (Å²) in [6.45, 7) is 2.31. The number of benzene rings is 1. The number of hydrogen-bond donors (Lipinski definition) is 1. The van der Waals surface area contributed by atoms with Gasteiger partial charge in [-0.3, -0.25) is 4.79 Å². The number of amides is 1. The molecular formula is C21H22FNO3S. The molecule has 0 bridgehead atoms. The molecule has 0 saturated heterocycles. The molecule has 1 aliphatic carbocycles. The molecule has 1 aromatic heterocycles. The second-order valence-electron chi connectivity index (χ2n) is 6.43. The molecule has 0 atom stereocenters. The molecule has 0 aliphatic heterocycles. The van der Waals surface area contributed by atoms with Gasteiger partial charge in [0.1, 0.15) is 10.8 Å². The van der Waals surface area contributed by atoms with Crippen molar-refractivity contribution in [1.82, 2.24) is 0 Å². The molecule has 1 aliphatic rings. The van der Waals surface area contributed by atoms with Gasteiger partial charge in [-0.2, -0.15) is 0 Å².